The summed E-state index contributed by atoms with van der Waals surface area (Å²) in [5.74, 6) is 1.21. The monoisotopic (exact) mass is 605 g/mol. The molecular weight excluding hydrogens is 562 g/mol. The number of pyridine rings is 2. The van der Waals surface area contributed by atoms with E-state index in [1.54, 1.807) is 0 Å². The predicted molar refractivity (Wildman–Crippen MR) is 173 cm³/mol. The van der Waals surface area contributed by atoms with Crippen molar-refractivity contribution in [3.05, 3.63) is 63.2 Å². The minimum atomic E-state index is -0.838. The third-order valence-corrected chi connectivity index (χ3v) is 9.40. The second-order valence-corrected chi connectivity index (χ2v) is 12.5. The number of nitrogens with one attached hydrogen (secondary N) is 3. The number of carbonyl (C=O) groups is 1. The predicted octanol–water partition coefficient (Wildman–Crippen LogP) is 5.43. The fourth-order valence-electron chi connectivity index (χ4n) is 5.93. The highest BCUT2D eigenvalue weighted by atomic mass is 32.2. The lowest BCUT2D eigenvalue weighted by Crippen LogP contribution is -2.47. The van der Waals surface area contributed by atoms with Crippen LogP contribution < -0.4 is 30.6 Å². The van der Waals surface area contributed by atoms with Crippen LogP contribution in [0.3, 0.4) is 0 Å². The molecule has 5 rings (SSSR count). The quantitative estimate of drug-likeness (QED) is 0.263. The molecule has 230 valence electrons. The molecule has 2 aliphatic rings. The van der Waals surface area contributed by atoms with Gasteiger partial charge >= 0.3 is 0 Å². The van der Waals surface area contributed by atoms with Crippen LogP contribution >= 0.6 is 11.8 Å². The Morgan fingerprint density at radius 2 is 1.93 bits per heavy atom. The lowest BCUT2D eigenvalue weighted by atomic mass is 9.90. The van der Waals surface area contributed by atoms with E-state index >= 15 is 0 Å². The molecule has 10 heteroatoms. The third-order valence-electron chi connectivity index (χ3n) is 8.59. The Kier molecular flexibility index (Phi) is 9.36. The zero-order valence-electron chi connectivity index (χ0n) is 26.1. The highest BCUT2D eigenvalue weighted by molar-refractivity contribution is 7.98. The Bertz CT molecular complexity index is 1530. The summed E-state index contributed by atoms with van der Waals surface area (Å²) in [7, 11) is 2.05. The number of rotatable bonds is 10. The lowest BCUT2D eigenvalue weighted by molar-refractivity contribution is -0.117. The average molecular weight is 606 g/mol. The molecule has 0 aliphatic carbocycles. The molecule has 0 bridgehead atoms. The van der Waals surface area contributed by atoms with Gasteiger partial charge in [-0.25, -0.2) is 4.98 Å². The minimum Gasteiger partial charge on any atom is -0.448 e. The molecule has 9 nitrogen and oxygen atoms in total. The number of hydrogen-bond acceptors (Lipinski definition) is 8. The molecule has 4 heterocycles. The van der Waals surface area contributed by atoms with Crippen LogP contribution in [0.25, 0.3) is 11.1 Å². The van der Waals surface area contributed by atoms with Crippen LogP contribution in [-0.2, 0) is 6.54 Å². The second-order valence-electron chi connectivity index (χ2n) is 11.7. The second kappa shape index (κ2) is 13.0. The number of unbranched alkanes of at least 4 members (excludes halogenated alkanes) is 1. The van der Waals surface area contributed by atoms with Crippen molar-refractivity contribution in [2.24, 2.45) is 5.92 Å². The van der Waals surface area contributed by atoms with Gasteiger partial charge in [-0.15, -0.1) is 11.8 Å². The Balaban J connectivity index is 1.51. The fraction of sp³-hybridized carbons (Fsp3) is 0.485. The zero-order chi connectivity index (χ0) is 30.7. The van der Waals surface area contributed by atoms with Crippen molar-refractivity contribution in [1.29, 1.82) is 0 Å². The van der Waals surface area contributed by atoms with Crippen LogP contribution in [-0.4, -0.2) is 54.6 Å². The van der Waals surface area contributed by atoms with Crippen LogP contribution in [0.5, 0.6) is 11.5 Å². The number of H-pyrrole nitrogens is 1. The zero-order valence-corrected chi connectivity index (χ0v) is 26.9. The maximum atomic E-state index is 13.7. The Hall–Kier alpha value is -3.50. The van der Waals surface area contributed by atoms with Crippen molar-refractivity contribution in [1.82, 2.24) is 20.6 Å². The molecule has 1 saturated heterocycles. The van der Waals surface area contributed by atoms with Crippen LogP contribution in [0.15, 0.2) is 40.2 Å². The number of fused-ring (bicyclic) bond motifs is 1. The normalized spacial score (nSPS) is 18.1. The Labute approximate surface area is 258 Å². The first-order chi connectivity index (χ1) is 20.6. The summed E-state index contributed by atoms with van der Waals surface area (Å²) in [6.07, 6.45) is 7.85. The van der Waals surface area contributed by atoms with Crippen molar-refractivity contribution < 1.29 is 14.3 Å². The first-order valence-corrected chi connectivity index (χ1v) is 16.4. The minimum absolute atomic E-state index is 0.112. The van der Waals surface area contributed by atoms with Gasteiger partial charge in [-0.05, 0) is 76.7 Å². The van der Waals surface area contributed by atoms with Crippen molar-refractivity contribution in [2.75, 3.05) is 37.8 Å². The SMILES string of the molecule is CCCCN(C)c1ccc(-c2cc(C(=O)NCc3c(SC)cc(C)[nH]c3=O)c(C)c3c2OC(C)(C2CCNCC2)O3)cn1. The number of piperidine rings is 1. The number of anilines is 1. The molecule has 1 fully saturated rings. The van der Waals surface area contributed by atoms with Gasteiger partial charge in [-0.2, -0.15) is 0 Å². The number of aryl methyl sites for hydroxylation is 1. The summed E-state index contributed by atoms with van der Waals surface area (Å²) in [6, 6.07) is 7.83. The average Bonchev–Trinajstić information content (AvgIpc) is 3.39. The van der Waals surface area contributed by atoms with Crippen LogP contribution in [0.4, 0.5) is 5.82 Å². The molecular formula is C33H43N5O4S. The molecule has 0 saturated carbocycles. The van der Waals surface area contributed by atoms with Crippen molar-refractivity contribution in [3.63, 3.8) is 0 Å². The van der Waals surface area contributed by atoms with Crippen LogP contribution in [0, 0.1) is 19.8 Å². The van der Waals surface area contributed by atoms with E-state index in [1.807, 2.05) is 64.5 Å². The first kappa shape index (κ1) is 30.9. The van der Waals surface area contributed by atoms with Crippen molar-refractivity contribution >= 4 is 23.5 Å². The molecule has 0 radical (unpaired) electrons. The van der Waals surface area contributed by atoms with Crippen molar-refractivity contribution in [2.45, 2.75) is 70.6 Å². The van der Waals surface area contributed by atoms with E-state index in [1.165, 1.54) is 11.8 Å². The van der Waals surface area contributed by atoms with Gasteiger partial charge in [0, 0.05) is 77.6 Å². The molecule has 3 aromatic rings. The first-order valence-electron chi connectivity index (χ1n) is 15.1. The highest BCUT2D eigenvalue weighted by Crippen LogP contribution is 2.52. The summed E-state index contributed by atoms with van der Waals surface area (Å²) in [4.78, 5) is 37.0. The number of ether oxygens (including phenoxy) is 2. The number of benzene rings is 1. The van der Waals surface area contributed by atoms with E-state index in [4.69, 9.17) is 14.5 Å². The smallest absolute Gasteiger partial charge is 0.254 e. The topological polar surface area (TPSA) is 109 Å². The molecule has 1 unspecified atom stereocenters. The van der Waals surface area contributed by atoms with Gasteiger partial charge in [0.2, 0.25) is 0 Å². The number of carbonyl (C=O) groups excluding carboxylic acids is 1. The summed E-state index contributed by atoms with van der Waals surface area (Å²) in [5, 5.41) is 6.41. The molecule has 43 heavy (non-hydrogen) atoms. The number of aromatic amines is 1. The summed E-state index contributed by atoms with van der Waals surface area (Å²) in [6.45, 7) is 10.8. The van der Waals surface area contributed by atoms with Gasteiger partial charge in [0.25, 0.3) is 17.3 Å². The molecule has 2 aliphatic heterocycles. The molecule has 1 aromatic carbocycles. The maximum Gasteiger partial charge on any atom is 0.254 e. The number of nitrogens with zero attached hydrogens (tertiary/aromatic N) is 2. The molecule has 2 aromatic heterocycles. The largest absolute Gasteiger partial charge is 0.448 e. The van der Waals surface area contributed by atoms with E-state index in [0.717, 1.165) is 72.9 Å². The summed E-state index contributed by atoms with van der Waals surface area (Å²) >= 11 is 1.49. The summed E-state index contributed by atoms with van der Waals surface area (Å²) < 4.78 is 13.3. The van der Waals surface area contributed by atoms with E-state index in [0.29, 0.717) is 28.2 Å². The number of hydrogen-bond donors (Lipinski definition) is 3. The van der Waals surface area contributed by atoms with Gasteiger partial charge in [-0.3, -0.25) is 9.59 Å². The number of aromatic nitrogens is 2. The molecule has 1 atom stereocenters. The van der Waals surface area contributed by atoms with Gasteiger partial charge < -0.3 is 30.0 Å². The van der Waals surface area contributed by atoms with Crippen LogP contribution in [0.1, 0.15) is 66.7 Å². The molecule has 0 spiro atoms. The number of thioether (sulfide) groups is 1. The van der Waals surface area contributed by atoms with E-state index < -0.39 is 5.79 Å². The lowest BCUT2D eigenvalue weighted by Gasteiger charge is -2.35. The maximum absolute atomic E-state index is 13.7. The Morgan fingerprint density at radius 3 is 2.60 bits per heavy atom. The highest BCUT2D eigenvalue weighted by Gasteiger charge is 2.46. The van der Waals surface area contributed by atoms with E-state index in [2.05, 4.69) is 27.4 Å². The standard InChI is InChI=1S/C33H43N5O4S/c1-7-8-15-38(5)28-10-9-22(18-35-28)25-17-24(31(39)36-19-26-27(43-6)16-20(2)37-32(26)40)21(3)29-30(25)42-33(4,41-29)23-11-13-34-14-12-23/h9-10,16-18,23,34H,7-8,11-15,19H2,1-6H3,(H,36,39)(H,37,40). The van der Waals surface area contributed by atoms with Gasteiger partial charge in [0.05, 0.1) is 0 Å². The fourth-order valence-corrected chi connectivity index (χ4v) is 6.63. The van der Waals surface area contributed by atoms with Crippen LogP contribution in [0.2, 0.25) is 0 Å². The Morgan fingerprint density at radius 1 is 1.19 bits per heavy atom. The third kappa shape index (κ3) is 6.40. The van der Waals surface area contributed by atoms with Crippen molar-refractivity contribution in [3.8, 4) is 22.6 Å². The van der Waals surface area contributed by atoms with Gasteiger partial charge in [-0.1, -0.05) is 13.3 Å². The van der Waals surface area contributed by atoms with E-state index in [-0.39, 0.29) is 23.9 Å². The number of amides is 1. The molecule has 3 N–H and O–H groups in total. The molecule has 1 amide bonds. The summed E-state index contributed by atoms with van der Waals surface area (Å²) in [5.41, 5.74) is 3.92. The van der Waals surface area contributed by atoms with E-state index in [9.17, 15) is 9.59 Å². The van der Waals surface area contributed by atoms with Gasteiger partial charge in [0.1, 0.15) is 5.82 Å². The van der Waals surface area contributed by atoms with Gasteiger partial charge in [0.15, 0.2) is 11.5 Å².